The third-order valence-electron chi connectivity index (χ3n) is 3.54. The maximum atomic E-state index is 2.32. The predicted molar refractivity (Wildman–Crippen MR) is 97.1 cm³/mol. The molecule has 2 heteroatoms. The van der Waals surface area contributed by atoms with E-state index >= 15 is 0 Å². The van der Waals surface area contributed by atoms with Crippen LogP contribution >= 0.6 is 23.5 Å². The van der Waals surface area contributed by atoms with Gasteiger partial charge in [0.2, 0.25) is 0 Å². The Balaban J connectivity index is 2.20. The van der Waals surface area contributed by atoms with Gasteiger partial charge in [-0.15, -0.1) is 23.5 Å². The molecule has 0 nitrogen and oxygen atoms in total. The lowest BCUT2D eigenvalue weighted by Crippen LogP contribution is -2.18. The third kappa shape index (κ3) is 5.12. The average molecular weight is 317 g/mol. The minimum Gasteiger partial charge on any atom is -0.108 e. The second kappa shape index (κ2) is 8.55. The molecule has 0 aromatic heterocycles. The molecule has 0 aliphatic rings. The van der Waals surface area contributed by atoms with Gasteiger partial charge in [0, 0.05) is 9.79 Å². The van der Waals surface area contributed by atoms with E-state index in [1.54, 1.807) is 0 Å². The van der Waals surface area contributed by atoms with Crippen molar-refractivity contribution in [3.8, 4) is 0 Å². The van der Waals surface area contributed by atoms with Crippen molar-refractivity contribution >= 4 is 23.5 Å². The zero-order chi connectivity index (χ0) is 15.0. The predicted octanol–water partition coefficient (Wildman–Crippen LogP) is 6.87. The summed E-state index contributed by atoms with van der Waals surface area (Å²) < 4.78 is 0.235. The van der Waals surface area contributed by atoms with Gasteiger partial charge in [-0.25, -0.2) is 0 Å². The summed E-state index contributed by atoms with van der Waals surface area (Å²) in [6.45, 7) is 4.60. The number of hydrogen-bond donors (Lipinski definition) is 0. The zero-order valence-electron chi connectivity index (χ0n) is 12.9. The first-order valence-electron chi connectivity index (χ1n) is 7.76. The Morgan fingerprint density at radius 1 is 0.762 bits per heavy atom. The van der Waals surface area contributed by atoms with Gasteiger partial charge >= 0.3 is 0 Å². The molecule has 2 aromatic carbocycles. The molecule has 0 bridgehead atoms. The summed E-state index contributed by atoms with van der Waals surface area (Å²) >= 11 is 4.07. The van der Waals surface area contributed by atoms with Gasteiger partial charge in [0.15, 0.2) is 0 Å². The van der Waals surface area contributed by atoms with Crippen LogP contribution in [-0.4, -0.2) is 4.08 Å². The Morgan fingerprint density at radius 2 is 1.24 bits per heavy atom. The Morgan fingerprint density at radius 3 is 1.62 bits per heavy atom. The molecule has 21 heavy (non-hydrogen) atoms. The van der Waals surface area contributed by atoms with E-state index in [0.717, 1.165) is 0 Å². The fraction of sp³-hybridized carbons (Fsp3) is 0.368. The van der Waals surface area contributed by atoms with Gasteiger partial charge in [-0.2, -0.15) is 0 Å². The molecule has 0 unspecified atom stereocenters. The summed E-state index contributed by atoms with van der Waals surface area (Å²) in [4.78, 5) is 2.75. The first kappa shape index (κ1) is 16.5. The van der Waals surface area contributed by atoms with Crippen molar-refractivity contribution in [3.63, 3.8) is 0 Å². The van der Waals surface area contributed by atoms with Crippen LogP contribution in [0.2, 0.25) is 0 Å². The number of thioether (sulfide) groups is 2. The van der Waals surface area contributed by atoms with Crippen LogP contribution in [-0.2, 0) is 0 Å². The smallest absolute Gasteiger partial charge is 0.0702 e. The number of hydrogen-bond acceptors (Lipinski definition) is 2. The van der Waals surface area contributed by atoms with E-state index in [0.29, 0.717) is 0 Å². The Labute approximate surface area is 137 Å². The summed E-state index contributed by atoms with van der Waals surface area (Å²) in [5.74, 6) is 0. The highest BCUT2D eigenvalue weighted by molar-refractivity contribution is 8.18. The topological polar surface area (TPSA) is 0 Å². The second-order valence-electron chi connectivity index (χ2n) is 5.20. The highest BCUT2D eigenvalue weighted by Crippen LogP contribution is 2.50. The lowest BCUT2D eigenvalue weighted by molar-refractivity contribution is 0.636. The molecule has 0 amide bonds. The molecule has 0 heterocycles. The van der Waals surface area contributed by atoms with Gasteiger partial charge in [-0.05, 0) is 37.1 Å². The standard InChI is InChI=1S/C19H24S2/c1-3-5-16-19(4-2,20-17-12-8-6-9-13-17)21-18-14-10-7-11-15-18/h6-15H,3-5,16H2,1-2H3. The van der Waals surface area contributed by atoms with Crippen LogP contribution in [0.4, 0.5) is 0 Å². The number of rotatable bonds is 8. The van der Waals surface area contributed by atoms with Gasteiger partial charge in [0.05, 0.1) is 4.08 Å². The lowest BCUT2D eigenvalue weighted by Gasteiger charge is -2.32. The van der Waals surface area contributed by atoms with E-state index in [-0.39, 0.29) is 4.08 Å². The molecule has 0 saturated carbocycles. The molecule has 0 aliphatic carbocycles. The molecule has 112 valence electrons. The molecule has 0 fully saturated rings. The van der Waals surface area contributed by atoms with Crippen molar-refractivity contribution in [2.45, 2.75) is 53.4 Å². The zero-order valence-corrected chi connectivity index (χ0v) is 14.6. The summed E-state index contributed by atoms with van der Waals surface area (Å²) in [6.07, 6.45) is 4.96. The summed E-state index contributed by atoms with van der Waals surface area (Å²) in [7, 11) is 0. The normalized spacial score (nSPS) is 11.5. The van der Waals surface area contributed by atoms with E-state index in [1.807, 2.05) is 23.5 Å². The van der Waals surface area contributed by atoms with Crippen molar-refractivity contribution < 1.29 is 0 Å². The largest absolute Gasteiger partial charge is 0.108 e. The monoisotopic (exact) mass is 316 g/mol. The summed E-state index contributed by atoms with van der Waals surface area (Å²) in [5.41, 5.74) is 0. The van der Waals surface area contributed by atoms with Crippen molar-refractivity contribution in [1.82, 2.24) is 0 Å². The quantitative estimate of drug-likeness (QED) is 0.385. The van der Waals surface area contributed by atoms with Crippen molar-refractivity contribution in [2.75, 3.05) is 0 Å². The maximum absolute atomic E-state index is 2.32. The SMILES string of the molecule is CCCCC(CC)(Sc1ccccc1)Sc1ccccc1. The number of benzene rings is 2. The van der Waals surface area contributed by atoms with Crippen LogP contribution in [0.1, 0.15) is 39.5 Å². The highest BCUT2D eigenvalue weighted by Gasteiger charge is 2.30. The second-order valence-corrected chi connectivity index (χ2v) is 8.37. The van der Waals surface area contributed by atoms with Gasteiger partial charge in [0.25, 0.3) is 0 Å². The molecule has 0 saturated heterocycles. The minimum atomic E-state index is 0.235. The molecule has 2 rings (SSSR count). The van der Waals surface area contributed by atoms with Crippen LogP contribution in [0, 0.1) is 0 Å². The molecule has 0 atom stereocenters. The minimum absolute atomic E-state index is 0.235. The Bertz CT molecular complexity index is 466. The molecule has 0 radical (unpaired) electrons. The molecule has 0 N–H and O–H groups in total. The highest BCUT2D eigenvalue weighted by atomic mass is 32.2. The van der Waals surface area contributed by atoms with E-state index < -0.39 is 0 Å². The summed E-state index contributed by atoms with van der Waals surface area (Å²) in [6, 6.07) is 21.6. The van der Waals surface area contributed by atoms with Gasteiger partial charge in [-0.3, -0.25) is 0 Å². The fourth-order valence-electron chi connectivity index (χ4n) is 2.30. The maximum Gasteiger partial charge on any atom is 0.0702 e. The van der Waals surface area contributed by atoms with Crippen molar-refractivity contribution in [2.24, 2.45) is 0 Å². The molecule has 2 aromatic rings. The van der Waals surface area contributed by atoms with Crippen molar-refractivity contribution in [3.05, 3.63) is 60.7 Å². The first-order valence-corrected chi connectivity index (χ1v) is 9.39. The summed E-state index contributed by atoms with van der Waals surface area (Å²) in [5, 5.41) is 0. The van der Waals surface area contributed by atoms with Crippen LogP contribution in [0.25, 0.3) is 0 Å². The van der Waals surface area contributed by atoms with Gasteiger partial charge in [-0.1, -0.05) is 63.1 Å². The van der Waals surface area contributed by atoms with Gasteiger partial charge < -0.3 is 0 Å². The lowest BCUT2D eigenvalue weighted by atomic mass is 10.1. The van der Waals surface area contributed by atoms with Crippen LogP contribution in [0.3, 0.4) is 0 Å². The van der Waals surface area contributed by atoms with Gasteiger partial charge in [0.1, 0.15) is 0 Å². The third-order valence-corrected chi connectivity index (χ3v) is 6.79. The average Bonchev–Trinajstić information content (AvgIpc) is 2.54. The van der Waals surface area contributed by atoms with E-state index in [9.17, 15) is 0 Å². The number of unbranched alkanes of at least 4 members (excludes halogenated alkanes) is 1. The van der Waals surface area contributed by atoms with Crippen LogP contribution in [0.15, 0.2) is 70.5 Å². The Kier molecular flexibility index (Phi) is 6.72. The fourth-order valence-corrected chi connectivity index (χ4v) is 5.27. The first-order chi connectivity index (χ1) is 10.3. The molecular formula is C19H24S2. The van der Waals surface area contributed by atoms with Crippen molar-refractivity contribution in [1.29, 1.82) is 0 Å². The van der Waals surface area contributed by atoms with Crippen LogP contribution in [0.5, 0.6) is 0 Å². The van der Waals surface area contributed by atoms with Crippen LogP contribution < -0.4 is 0 Å². The molecule has 0 aliphatic heterocycles. The molecule has 0 spiro atoms. The molecular weight excluding hydrogens is 292 g/mol. The van der Waals surface area contributed by atoms with E-state index in [1.165, 1.54) is 35.5 Å². The van der Waals surface area contributed by atoms with E-state index in [4.69, 9.17) is 0 Å². The Hall–Kier alpha value is -0.860. The van der Waals surface area contributed by atoms with E-state index in [2.05, 4.69) is 74.5 Å².